The monoisotopic (exact) mass is 355 g/mol. The van der Waals surface area contributed by atoms with Crippen LogP contribution >= 0.6 is 0 Å². The highest BCUT2D eigenvalue weighted by molar-refractivity contribution is 5.94. The van der Waals surface area contributed by atoms with E-state index in [1.807, 2.05) is 26.8 Å². The first-order chi connectivity index (χ1) is 12.3. The van der Waals surface area contributed by atoms with Crippen LogP contribution in [0.1, 0.15) is 42.6 Å². The zero-order chi connectivity index (χ0) is 19.2. The van der Waals surface area contributed by atoms with Crippen LogP contribution in [0.3, 0.4) is 0 Å². The van der Waals surface area contributed by atoms with Crippen LogP contribution in [0.2, 0.25) is 0 Å². The number of rotatable bonds is 6. The Balaban J connectivity index is 1.88. The van der Waals surface area contributed by atoms with Crippen molar-refractivity contribution in [3.8, 4) is 11.8 Å². The van der Waals surface area contributed by atoms with E-state index in [1.54, 1.807) is 30.3 Å². The molecule has 0 bridgehead atoms. The molecule has 0 fully saturated rings. The number of para-hydroxylation sites is 1. The van der Waals surface area contributed by atoms with Gasteiger partial charge in [-0.2, -0.15) is 5.26 Å². The Bertz CT molecular complexity index is 828. The van der Waals surface area contributed by atoms with Crippen molar-refractivity contribution in [2.45, 2.75) is 32.9 Å². The van der Waals surface area contributed by atoms with Gasteiger partial charge in [-0.15, -0.1) is 0 Å². The van der Waals surface area contributed by atoms with Gasteiger partial charge in [-0.1, -0.05) is 12.1 Å². The minimum atomic E-state index is -0.488. The fraction of sp³-hybridized carbons (Fsp3) is 0.316. The first-order valence-corrected chi connectivity index (χ1v) is 8.08. The third-order valence-corrected chi connectivity index (χ3v) is 3.19. The molecule has 136 valence electrons. The number of benzene rings is 1. The summed E-state index contributed by atoms with van der Waals surface area (Å²) in [5, 5.41) is 14.3. The fourth-order valence-corrected chi connectivity index (χ4v) is 2.12. The maximum atomic E-state index is 12.0. The molecule has 7 heteroatoms. The molecule has 2 amide bonds. The molecule has 0 unspecified atom stereocenters. The molecule has 7 nitrogen and oxygen atoms in total. The van der Waals surface area contributed by atoms with Gasteiger partial charge in [-0.3, -0.25) is 9.59 Å². The van der Waals surface area contributed by atoms with E-state index in [0.717, 1.165) is 0 Å². The topological polar surface area (TPSA) is 104 Å². The first kappa shape index (κ1) is 19.1. The molecule has 0 saturated heterocycles. The number of carbonyl (C=O) groups excluding carboxylic acids is 2. The van der Waals surface area contributed by atoms with Crippen LogP contribution in [0.4, 0.5) is 0 Å². The van der Waals surface area contributed by atoms with Crippen molar-refractivity contribution in [2.24, 2.45) is 0 Å². The normalized spacial score (nSPS) is 10.7. The molecule has 1 aromatic carbocycles. The second kappa shape index (κ2) is 8.21. The summed E-state index contributed by atoms with van der Waals surface area (Å²) in [5.74, 6) is 0.186. The van der Waals surface area contributed by atoms with E-state index in [-0.39, 0.29) is 30.4 Å². The predicted molar refractivity (Wildman–Crippen MR) is 94.4 cm³/mol. The maximum absolute atomic E-state index is 12.0. The quantitative estimate of drug-likeness (QED) is 0.828. The number of nitriles is 1. The molecule has 26 heavy (non-hydrogen) atoms. The van der Waals surface area contributed by atoms with Crippen LogP contribution in [-0.2, 0) is 11.4 Å². The second-order valence-electron chi connectivity index (χ2n) is 6.64. The van der Waals surface area contributed by atoms with Crippen molar-refractivity contribution in [1.29, 1.82) is 5.26 Å². The number of hydrogen-bond acceptors (Lipinski definition) is 5. The van der Waals surface area contributed by atoms with Crippen LogP contribution in [0.5, 0.6) is 5.75 Å². The number of nitrogens with one attached hydrogen (secondary N) is 2. The van der Waals surface area contributed by atoms with Crippen molar-refractivity contribution in [2.75, 3.05) is 6.54 Å². The molecule has 1 heterocycles. The molecule has 2 N–H and O–H groups in total. The highest BCUT2D eigenvalue weighted by Gasteiger charge is 2.16. The van der Waals surface area contributed by atoms with Crippen LogP contribution < -0.4 is 15.4 Å². The van der Waals surface area contributed by atoms with E-state index in [4.69, 9.17) is 14.4 Å². The predicted octanol–water partition coefficient (Wildman–Crippen LogP) is 2.37. The van der Waals surface area contributed by atoms with Gasteiger partial charge < -0.3 is 19.8 Å². The molecule has 2 rings (SSSR count). The number of nitrogens with zero attached hydrogens (tertiary/aromatic N) is 1. The van der Waals surface area contributed by atoms with Crippen molar-refractivity contribution in [3.05, 3.63) is 53.5 Å². The molecule has 0 atom stereocenters. The zero-order valence-electron chi connectivity index (χ0n) is 15.0. The van der Waals surface area contributed by atoms with Crippen LogP contribution in [0.15, 0.2) is 40.8 Å². The second-order valence-corrected chi connectivity index (χ2v) is 6.64. The van der Waals surface area contributed by atoms with Crippen molar-refractivity contribution in [3.63, 3.8) is 0 Å². The Kier molecular flexibility index (Phi) is 6.02. The Morgan fingerprint density at radius 2 is 1.92 bits per heavy atom. The van der Waals surface area contributed by atoms with Gasteiger partial charge in [0.25, 0.3) is 5.91 Å². The molecule has 0 aliphatic rings. The van der Waals surface area contributed by atoms with Crippen LogP contribution in [-0.4, -0.2) is 23.9 Å². The number of carbonyl (C=O) groups is 2. The van der Waals surface area contributed by atoms with Crippen molar-refractivity contribution >= 4 is 11.8 Å². The Labute approximate surface area is 151 Å². The summed E-state index contributed by atoms with van der Waals surface area (Å²) in [4.78, 5) is 23.8. The maximum Gasteiger partial charge on any atom is 0.287 e. The molecule has 0 spiro atoms. The number of amides is 2. The van der Waals surface area contributed by atoms with Gasteiger partial charge in [0.05, 0.1) is 12.1 Å². The van der Waals surface area contributed by atoms with Gasteiger partial charge in [-0.05, 0) is 45.0 Å². The lowest BCUT2D eigenvalue weighted by atomic mass is 10.1. The molecular weight excluding hydrogens is 334 g/mol. The summed E-state index contributed by atoms with van der Waals surface area (Å²) in [6, 6.07) is 12.0. The van der Waals surface area contributed by atoms with Gasteiger partial charge in [0.1, 0.15) is 24.2 Å². The average Bonchev–Trinajstić information content (AvgIpc) is 3.05. The fourth-order valence-electron chi connectivity index (χ4n) is 2.12. The molecule has 2 aromatic rings. The molecule has 0 radical (unpaired) electrons. The lowest BCUT2D eigenvalue weighted by Crippen LogP contribution is -2.45. The van der Waals surface area contributed by atoms with E-state index in [2.05, 4.69) is 10.6 Å². The van der Waals surface area contributed by atoms with E-state index < -0.39 is 5.91 Å². The third kappa shape index (κ3) is 5.67. The number of furan rings is 1. The summed E-state index contributed by atoms with van der Waals surface area (Å²) in [6.45, 7) is 5.51. The smallest absolute Gasteiger partial charge is 0.287 e. The summed E-state index contributed by atoms with van der Waals surface area (Å²) in [6.07, 6.45) is 0. The number of hydrogen-bond donors (Lipinski definition) is 2. The first-order valence-electron chi connectivity index (χ1n) is 8.08. The van der Waals surface area contributed by atoms with E-state index in [9.17, 15) is 9.59 Å². The molecular formula is C19H21N3O4. The van der Waals surface area contributed by atoms with Crippen LogP contribution in [0, 0.1) is 11.3 Å². The van der Waals surface area contributed by atoms with Crippen molar-refractivity contribution in [1.82, 2.24) is 10.6 Å². The SMILES string of the molecule is CC(C)(C)NC(=O)CNC(=O)c1ccc(COc2ccccc2C#N)o1. The molecule has 1 aromatic heterocycles. The van der Waals surface area contributed by atoms with Gasteiger partial charge >= 0.3 is 0 Å². The lowest BCUT2D eigenvalue weighted by Gasteiger charge is -2.20. The molecule has 0 aliphatic heterocycles. The Hall–Kier alpha value is -3.27. The third-order valence-electron chi connectivity index (χ3n) is 3.19. The highest BCUT2D eigenvalue weighted by Crippen LogP contribution is 2.19. The van der Waals surface area contributed by atoms with Gasteiger partial charge in [0, 0.05) is 5.54 Å². The highest BCUT2D eigenvalue weighted by atomic mass is 16.5. The Morgan fingerprint density at radius 1 is 1.19 bits per heavy atom. The van der Waals surface area contributed by atoms with Gasteiger partial charge in [0.15, 0.2) is 5.76 Å². The zero-order valence-corrected chi connectivity index (χ0v) is 15.0. The van der Waals surface area contributed by atoms with Crippen molar-refractivity contribution < 1.29 is 18.7 Å². The average molecular weight is 355 g/mol. The standard InChI is InChI=1S/C19H21N3O4/c1-19(2,3)22-17(23)11-21-18(24)16-9-8-14(26-16)12-25-15-7-5-4-6-13(15)10-20/h4-9H,11-12H2,1-3H3,(H,21,24)(H,22,23). The summed E-state index contributed by atoms with van der Waals surface area (Å²) in [5.41, 5.74) is 0.0540. The lowest BCUT2D eigenvalue weighted by molar-refractivity contribution is -0.121. The Morgan fingerprint density at radius 3 is 2.62 bits per heavy atom. The van der Waals surface area contributed by atoms with Gasteiger partial charge in [-0.25, -0.2) is 0 Å². The summed E-state index contributed by atoms with van der Waals surface area (Å²) < 4.78 is 11.0. The van der Waals surface area contributed by atoms with E-state index in [1.165, 1.54) is 6.07 Å². The number of ether oxygens (including phenoxy) is 1. The minimum Gasteiger partial charge on any atom is -0.484 e. The molecule has 0 saturated carbocycles. The molecule has 0 aliphatic carbocycles. The largest absolute Gasteiger partial charge is 0.484 e. The minimum absolute atomic E-state index is 0.0798. The van der Waals surface area contributed by atoms with Crippen LogP contribution in [0.25, 0.3) is 0 Å². The van der Waals surface area contributed by atoms with E-state index >= 15 is 0 Å². The summed E-state index contributed by atoms with van der Waals surface area (Å²) >= 11 is 0. The summed E-state index contributed by atoms with van der Waals surface area (Å²) in [7, 11) is 0. The van der Waals surface area contributed by atoms with E-state index in [0.29, 0.717) is 17.1 Å². The van der Waals surface area contributed by atoms with Gasteiger partial charge in [0.2, 0.25) is 5.91 Å².